The van der Waals surface area contributed by atoms with Gasteiger partial charge in [-0.25, -0.2) is 14.2 Å². The van der Waals surface area contributed by atoms with Gasteiger partial charge in [0.25, 0.3) is 5.91 Å². The molecule has 0 radical (unpaired) electrons. The number of nitrogens with one attached hydrogen (secondary N) is 1. The predicted octanol–water partition coefficient (Wildman–Crippen LogP) is 6.12. The van der Waals surface area contributed by atoms with Crippen LogP contribution in [-0.4, -0.2) is 50.1 Å². The van der Waals surface area contributed by atoms with E-state index in [1.54, 1.807) is 24.5 Å². The molecule has 2 N–H and O–H groups in total. The Kier molecular flexibility index (Phi) is 8.61. The SMILES string of the molecule is CC1CCC[C@](O)(c2ncccn2)C2CCC2CN2C[C@@]3(CCCc4cc(Cl)ccc43)COc3ccc(cc32)C(=O)NS(=O)C1C. The highest BCUT2D eigenvalue weighted by molar-refractivity contribution is 7.84. The van der Waals surface area contributed by atoms with Crippen molar-refractivity contribution < 1.29 is 18.8 Å². The fourth-order valence-corrected chi connectivity index (χ4v) is 9.56. The molecule has 1 spiro atoms. The first-order valence-corrected chi connectivity index (χ1v) is 18.3. The minimum absolute atomic E-state index is 0.0165. The topological polar surface area (TPSA) is 105 Å². The van der Waals surface area contributed by atoms with Crippen LogP contribution in [0, 0.1) is 17.8 Å². The highest BCUT2D eigenvalue weighted by atomic mass is 35.5. The number of benzene rings is 2. The lowest BCUT2D eigenvalue weighted by Gasteiger charge is -2.49. The van der Waals surface area contributed by atoms with E-state index < -0.39 is 16.6 Å². The van der Waals surface area contributed by atoms with E-state index >= 15 is 0 Å². The van der Waals surface area contributed by atoms with Crippen molar-refractivity contribution in [3.05, 3.63) is 82.4 Å². The summed E-state index contributed by atoms with van der Waals surface area (Å²) in [5.74, 6) is 1.13. The van der Waals surface area contributed by atoms with Crippen LogP contribution in [0.1, 0.15) is 86.1 Å². The molecule has 2 bridgehead atoms. The zero-order chi connectivity index (χ0) is 32.1. The Bertz CT molecular complexity index is 1640. The maximum atomic E-state index is 13.5. The van der Waals surface area contributed by atoms with E-state index in [2.05, 4.69) is 38.6 Å². The third-order valence-electron chi connectivity index (χ3n) is 11.3. The van der Waals surface area contributed by atoms with Gasteiger partial charge in [-0.05, 0) is 124 Å². The molecule has 1 fully saturated rings. The van der Waals surface area contributed by atoms with Gasteiger partial charge in [0.05, 0.1) is 17.5 Å². The standard InChI is InChI=1S/C36H43ClN4O4S/c1-23-6-3-15-36(43,34-38-16-5-17-39-34)30-11-8-27(30)20-41-21-35(14-4-7-25-18-28(37)10-12-29(25)35)22-45-32-13-9-26(19-31(32)41)33(42)40-46(44)24(23)2/h5,9-10,12-13,16-19,23-24,27,30,43H,3-4,6-8,11,14-15,20-22H2,1-2H3,(H,40,42)/t23?,24?,27?,30?,35-,36+,46?/m0/s1. The van der Waals surface area contributed by atoms with Gasteiger partial charge in [0, 0.05) is 41.5 Å². The molecule has 244 valence electrons. The average molecular weight is 663 g/mol. The smallest absolute Gasteiger partial charge is 0.263 e. The van der Waals surface area contributed by atoms with Gasteiger partial charge in [-0.3, -0.25) is 9.52 Å². The number of nitrogens with zero attached hydrogens (tertiary/aromatic N) is 3. The Morgan fingerprint density at radius 1 is 1.07 bits per heavy atom. The number of halogens is 1. The number of amides is 1. The molecular weight excluding hydrogens is 620 g/mol. The molecule has 46 heavy (non-hydrogen) atoms. The molecule has 7 rings (SSSR count). The maximum absolute atomic E-state index is 13.5. The van der Waals surface area contributed by atoms with Crippen LogP contribution >= 0.6 is 11.6 Å². The molecule has 3 heterocycles. The molecule has 2 aromatic carbocycles. The molecule has 7 atom stereocenters. The first-order valence-electron chi connectivity index (χ1n) is 16.7. The second kappa shape index (κ2) is 12.5. The molecule has 0 saturated heterocycles. The highest BCUT2D eigenvalue weighted by Gasteiger charge is 2.51. The van der Waals surface area contributed by atoms with Crippen molar-refractivity contribution in [3.8, 4) is 5.75 Å². The first-order chi connectivity index (χ1) is 22.2. The van der Waals surface area contributed by atoms with Gasteiger partial charge in [-0.15, -0.1) is 0 Å². The fourth-order valence-electron chi connectivity index (χ4n) is 8.32. The van der Waals surface area contributed by atoms with E-state index in [9.17, 15) is 14.1 Å². The van der Waals surface area contributed by atoms with Crippen LogP contribution in [0.5, 0.6) is 5.75 Å². The molecule has 3 aromatic rings. The number of aromatic nitrogens is 2. The molecule has 1 aromatic heterocycles. The molecule has 4 aliphatic rings. The number of rotatable bonds is 1. The molecule has 2 aliphatic heterocycles. The summed E-state index contributed by atoms with van der Waals surface area (Å²) in [5.41, 5.74) is 2.43. The Balaban J connectivity index is 1.32. The summed E-state index contributed by atoms with van der Waals surface area (Å²) in [6.07, 6.45) is 10.3. The Labute approximate surface area is 278 Å². The summed E-state index contributed by atoms with van der Waals surface area (Å²) in [6, 6.07) is 13.6. The van der Waals surface area contributed by atoms with Gasteiger partial charge < -0.3 is 14.7 Å². The van der Waals surface area contributed by atoms with Crippen LogP contribution in [0.4, 0.5) is 5.69 Å². The number of carbonyl (C=O) groups is 1. The number of aryl methyl sites for hydroxylation is 1. The summed E-state index contributed by atoms with van der Waals surface area (Å²) in [6.45, 7) is 5.91. The Hall–Kier alpha value is -3.01. The number of hydrogen-bond donors (Lipinski definition) is 2. The molecule has 10 heteroatoms. The number of fused-ring (bicyclic) bond motifs is 4. The number of anilines is 1. The van der Waals surface area contributed by atoms with Gasteiger partial charge in [0.15, 0.2) is 5.82 Å². The second-order valence-electron chi connectivity index (χ2n) is 14.0. The number of ether oxygens (including phenoxy) is 1. The molecular formula is C36H43ClN4O4S. The number of aliphatic hydroxyl groups is 1. The summed E-state index contributed by atoms with van der Waals surface area (Å²) in [5, 5.41) is 13.0. The minimum Gasteiger partial charge on any atom is -0.490 e. The van der Waals surface area contributed by atoms with Crippen LogP contribution in [-0.2, 0) is 28.4 Å². The minimum atomic E-state index is -1.57. The lowest BCUT2D eigenvalue weighted by atomic mass is 9.62. The van der Waals surface area contributed by atoms with Gasteiger partial charge in [-0.1, -0.05) is 24.6 Å². The van der Waals surface area contributed by atoms with Crippen LogP contribution in [0.2, 0.25) is 5.02 Å². The monoisotopic (exact) mass is 662 g/mol. The quantitative estimate of drug-likeness (QED) is 0.324. The van der Waals surface area contributed by atoms with Crippen molar-refractivity contribution in [3.63, 3.8) is 0 Å². The van der Waals surface area contributed by atoms with Crippen molar-refractivity contribution in [1.82, 2.24) is 14.7 Å². The second-order valence-corrected chi connectivity index (χ2v) is 16.0. The van der Waals surface area contributed by atoms with Crippen LogP contribution in [0.15, 0.2) is 54.9 Å². The van der Waals surface area contributed by atoms with Crippen LogP contribution < -0.4 is 14.4 Å². The van der Waals surface area contributed by atoms with E-state index in [0.29, 0.717) is 37.5 Å². The molecule has 8 nitrogen and oxygen atoms in total. The first kappa shape index (κ1) is 31.6. The van der Waals surface area contributed by atoms with Gasteiger partial charge >= 0.3 is 0 Å². The molecule has 5 unspecified atom stereocenters. The van der Waals surface area contributed by atoms with Crippen LogP contribution in [0.3, 0.4) is 0 Å². The van der Waals surface area contributed by atoms with E-state index in [4.69, 9.17) is 16.3 Å². The largest absolute Gasteiger partial charge is 0.490 e. The number of hydrogen-bond acceptors (Lipinski definition) is 7. The average Bonchev–Trinajstić information content (AvgIpc) is 3.19. The summed E-state index contributed by atoms with van der Waals surface area (Å²) in [7, 11) is -1.57. The zero-order valence-electron chi connectivity index (χ0n) is 26.6. The molecule has 1 amide bonds. The van der Waals surface area contributed by atoms with E-state index in [1.165, 1.54) is 11.1 Å². The summed E-state index contributed by atoms with van der Waals surface area (Å²) in [4.78, 5) is 25.0. The van der Waals surface area contributed by atoms with Crippen molar-refractivity contribution in [2.75, 3.05) is 24.6 Å². The highest BCUT2D eigenvalue weighted by Crippen LogP contribution is 2.51. The third kappa shape index (κ3) is 5.73. The Morgan fingerprint density at radius 2 is 1.89 bits per heavy atom. The van der Waals surface area contributed by atoms with E-state index in [-0.39, 0.29) is 34.3 Å². The van der Waals surface area contributed by atoms with Crippen LogP contribution in [0.25, 0.3) is 0 Å². The lowest BCUT2D eigenvalue weighted by molar-refractivity contribution is -0.101. The molecule has 2 aliphatic carbocycles. The van der Waals surface area contributed by atoms with Crippen molar-refractivity contribution >= 4 is 34.2 Å². The zero-order valence-corrected chi connectivity index (χ0v) is 28.2. The van der Waals surface area contributed by atoms with Gasteiger partial charge in [0.2, 0.25) is 0 Å². The summed E-state index contributed by atoms with van der Waals surface area (Å²) < 4.78 is 22.7. The lowest BCUT2D eigenvalue weighted by Crippen LogP contribution is -2.52. The number of carbonyl (C=O) groups excluding carboxylic acids is 1. The van der Waals surface area contributed by atoms with Gasteiger partial charge in [0.1, 0.15) is 22.3 Å². The van der Waals surface area contributed by atoms with Gasteiger partial charge in [-0.2, -0.15) is 0 Å². The normalized spacial score (nSPS) is 33.1. The predicted molar refractivity (Wildman–Crippen MR) is 180 cm³/mol. The fraction of sp³-hybridized carbons (Fsp3) is 0.528. The Morgan fingerprint density at radius 3 is 2.67 bits per heavy atom. The van der Waals surface area contributed by atoms with Crippen molar-refractivity contribution in [1.29, 1.82) is 0 Å². The van der Waals surface area contributed by atoms with Crippen molar-refractivity contribution in [2.45, 2.75) is 81.5 Å². The molecule has 1 saturated carbocycles. The van der Waals surface area contributed by atoms with E-state index in [1.807, 2.05) is 25.1 Å². The summed E-state index contributed by atoms with van der Waals surface area (Å²) >= 11 is 6.45. The maximum Gasteiger partial charge on any atom is 0.263 e. The van der Waals surface area contributed by atoms with Crippen molar-refractivity contribution in [2.24, 2.45) is 17.8 Å². The third-order valence-corrected chi connectivity index (χ3v) is 13.0. The van der Waals surface area contributed by atoms with E-state index in [0.717, 1.165) is 61.4 Å².